The van der Waals surface area contributed by atoms with Crippen LogP contribution in [0.5, 0.6) is 0 Å². The summed E-state index contributed by atoms with van der Waals surface area (Å²) in [7, 11) is 0. The van der Waals surface area contributed by atoms with Crippen molar-refractivity contribution in [1.29, 1.82) is 0 Å². The third-order valence-electron chi connectivity index (χ3n) is 4.00. The smallest absolute Gasteiger partial charge is 0.411 e. The molecular weight excluding hydrogens is 326 g/mol. The molecule has 8 heteroatoms. The number of hydrogen-bond acceptors (Lipinski definition) is 6. The van der Waals surface area contributed by atoms with Gasteiger partial charge in [-0.15, -0.1) is 0 Å². The number of amides is 1. The zero-order valence-corrected chi connectivity index (χ0v) is 13.8. The van der Waals surface area contributed by atoms with Crippen LogP contribution in [-0.2, 0) is 4.74 Å². The van der Waals surface area contributed by atoms with Crippen LogP contribution in [0.3, 0.4) is 0 Å². The van der Waals surface area contributed by atoms with Crippen LogP contribution in [0.15, 0.2) is 30.6 Å². The van der Waals surface area contributed by atoms with E-state index in [1.165, 1.54) is 11.3 Å². The first kappa shape index (κ1) is 14.9. The second-order valence-corrected chi connectivity index (χ2v) is 6.64. The van der Waals surface area contributed by atoms with E-state index < -0.39 is 0 Å². The molecule has 4 rings (SSSR count). The first-order chi connectivity index (χ1) is 11.8. The van der Waals surface area contributed by atoms with E-state index in [0.29, 0.717) is 0 Å². The number of nitrogens with one attached hydrogen (secondary N) is 2. The van der Waals surface area contributed by atoms with Gasteiger partial charge in [0.1, 0.15) is 0 Å². The molecule has 1 amide bonds. The van der Waals surface area contributed by atoms with Crippen LogP contribution in [0.2, 0.25) is 0 Å². The van der Waals surface area contributed by atoms with Gasteiger partial charge in [-0.25, -0.2) is 9.78 Å². The van der Waals surface area contributed by atoms with E-state index in [2.05, 4.69) is 26.6 Å². The largest absolute Gasteiger partial charge is 0.428 e. The lowest BCUT2D eigenvalue weighted by Gasteiger charge is -2.14. The van der Waals surface area contributed by atoms with Crippen molar-refractivity contribution in [3.05, 3.63) is 30.6 Å². The third kappa shape index (κ3) is 3.05. The van der Waals surface area contributed by atoms with Crippen LogP contribution < -0.4 is 5.32 Å². The van der Waals surface area contributed by atoms with Crippen molar-refractivity contribution in [1.82, 2.24) is 20.1 Å². The summed E-state index contributed by atoms with van der Waals surface area (Å²) >= 11 is 1.53. The summed E-state index contributed by atoms with van der Waals surface area (Å²) < 4.78 is 6.31. The van der Waals surface area contributed by atoms with E-state index in [9.17, 15) is 4.79 Å². The summed E-state index contributed by atoms with van der Waals surface area (Å²) in [5.74, 6) is 0. The highest BCUT2D eigenvalue weighted by molar-refractivity contribution is 7.22. The Morgan fingerprint density at radius 2 is 2.21 bits per heavy atom. The number of benzene rings is 1. The lowest BCUT2D eigenvalue weighted by molar-refractivity contribution is 0.117. The Hall–Kier alpha value is -2.61. The molecule has 1 saturated heterocycles. The Balaban J connectivity index is 1.40. The lowest BCUT2D eigenvalue weighted by atomic mass is 10.1. The summed E-state index contributed by atoms with van der Waals surface area (Å²) in [6.07, 6.45) is 5.50. The Kier molecular flexibility index (Phi) is 4.04. The summed E-state index contributed by atoms with van der Waals surface area (Å²) in [4.78, 5) is 18.1. The number of nitrogens with zero attached hydrogens (tertiary/aromatic N) is 3. The average Bonchev–Trinajstić information content (AvgIpc) is 3.33. The topological polar surface area (TPSA) is 83.1 Å². The van der Waals surface area contributed by atoms with Gasteiger partial charge in [-0.2, -0.15) is 5.10 Å². The lowest BCUT2D eigenvalue weighted by Crippen LogP contribution is -2.29. The average molecular weight is 343 g/mol. The molecular formula is C16H17N5O2S. The van der Waals surface area contributed by atoms with Gasteiger partial charge in [-0.1, -0.05) is 17.4 Å². The van der Waals surface area contributed by atoms with Gasteiger partial charge in [0.2, 0.25) is 0 Å². The number of carbonyl (C=O) groups excluding carboxylic acids is 1. The van der Waals surface area contributed by atoms with Gasteiger partial charge in [-0.05, 0) is 30.5 Å². The van der Waals surface area contributed by atoms with Gasteiger partial charge in [0.15, 0.2) is 11.9 Å². The SMILES string of the molecule is O=C(OCNc1nc2ccc(-c3cn[nH]c3)cc2s1)N1CCCC1. The van der Waals surface area contributed by atoms with Crippen LogP contribution in [0.25, 0.3) is 21.3 Å². The van der Waals surface area contributed by atoms with Gasteiger partial charge >= 0.3 is 6.09 Å². The molecule has 0 bridgehead atoms. The number of rotatable bonds is 4. The van der Waals surface area contributed by atoms with Crippen molar-refractivity contribution in [2.45, 2.75) is 12.8 Å². The molecule has 1 fully saturated rings. The molecule has 0 aliphatic carbocycles. The highest BCUT2D eigenvalue weighted by atomic mass is 32.1. The maximum absolute atomic E-state index is 11.8. The van der Waals surface area contributed by atoms with Crippen molar-refractivity contribution in [3.63, 3.8) is 0 Å². The molecule has 1 aromatic carbocycles. The van der Waals surface area contributed by atoms with Gasteiger partial charge in [0.05, 0.1) is 16.4 Å². The Labute approximate surface area is 142 Å². The minimum atomic E-state index is -0.261. The number of hydrogen-bond donors (Lipinski definition) is 2. The number of carbonyl (C=O) groups is 1. The number of thiazole rings is 1. The quantitative estimate of drug-likeness (QED) is 0.710. The zero-order valence-electron chi connectivity index (χ0n) is 13.0. The number of likely N-dealkylation sites (tertiary alicyclic amines) is 1. The predicted molar refractivity (Wildman–Crippen MR) is 93.0 cm³/mol. The number of aromatic amines is 1. The molecule has 0 unspecified atom stereocenters. The van der Waals surface area contributed by atoms with Gasteiger partial charge < -0.3 is 15.0 Å². The van der Waals surface area contributed by atoms with E-state index in [1.807, 2.05) is 18.3 Å². The van der Waals surface area contributed by atoms with Crippen molar-refractivity contribution < 1.29 is 9.53 Å². The molecule has 24 heavy (non-hydrogen) atoms. The molecule has 7 nitrogen and oxygen atoms in total. The maximum atomic E-state index is 11.8. The molecule has 3 aromatic rings. The van der Waals surface area contributed by atoms with E-state index in [-0.39, 0.29) is 12.8 Å². The van der Waals surface area contributed by atoms with Crippen LogP contribution in [-0.4, -0.2) is 46.0 Å². The Morgan fingerprint density at radius 3 is 3.00 bits per heavy atom. The normalized spacial score (nSPS) is 14.2. The van der Waals surface area contributed by atoms with Crippen molar-refractivity contribution in [3.8, 4) is 11.1 Å². The van der Waals surface area contributed by atoms with Crippen LogP contribution in [0.1, 0.15) is 12.8 Å². The Morgan fingerprint density at radius 1 is 1.33 bits per heavy atom. The molecule has 0 spiro atoms. The Bertz CT molecular complexity index is 839. The highest BCUT2D eigenvalue weighted by Gasteiger charge is 2.18. The molecule has 2 N–H and O–H groups in total. The molecule has 0 atom stereocenters. The number of H-pyrrole nitrogens is 1. The fourth-order valence-corrected chi connectivity index (χ4v) is 3.63. The van der Waals surface area contributed by atoms with E-state index >= 15 is 0 Å². The second-order valence-electron chi connectivity index (χ2n) is 5.61. The van der Waals surface area contributed by atoms with Crippen LogP contribution in [0.4, 0.5) is 9.93 Å². The fourth-order valence-electron chi connectivity index (χ4n) is 2.74. The molecule has 0 saturated carbocycles. The number of ether oxygens (including phenoxy) is 1. The van der Waals surface area contributed by atoms with E-state index in [1.54, 1.807) is 11.1 Å². The molecule has 124 valence electrons. The maximum Gasteiger partial charge on any atom is 0.411 e. The minimum Gasteiger partial charge on any atom is -0.428 e. The summed E-state index contributed by atoms with van der Waals surface area (Å²) in [6, 6.07) is 6.08. The zero-order chi connectivity index (χ0) is 16.4. The monoisotopic (exact) mass is 343 g/mol. The third-order valence-corrected chi connectivity index (χ3v) is 4.98. The van der Waals surface area contributed by atoms with E-state index in [0.717, 1.165) is 52.4 Å². The predicted octanol–water partition coefficient (Wildman–Crippen LogP) is 3.29. The number of anilines is 1. The van der Waals surface area contributed by atoms with Gasteiger partial charge in [0, 0.05) is 24.8 Å². The van der Waals surface area contributed by atoms with E-state index in [4.69, 9.17) is 4.74 Å². The minimum absolute atomic E-state index is 0.129. The molecule has 1 aliphatic rings. The van der Waals surface area contributed by atoms with Gasteiger partial charge in [0.25, 0.3) is 0 Å². The molecule has 3 heterocycles. The molecule has 2 aromatic heterocycles. The highest BCUT2D eigenvalue weighted by Crippen LogP contribution is 2.30. The first-order valence-electron chi connectivity index (χ1n) is 7.85. The van der Waals surface area contributed by atoms with Gasteiger partial charge in [-0.3, -0.25) is 5.10 Å². The number of aromatic nitrogens is 3. The number of fused-ring (bicyclic) bond motifs is 1. The second kappa shape index (κ2) is 6.48. The van der Waals surface area contributed by atoms with Crippen molar-refractivity contribution >= 4 is 32.8 Å². The van der Waals surface area contributed by atoms with Crippen LogP contribution in [0, 0.1) is 0 Å². The summed E-state index contributed by atoms with van der Waals surface area (Å²) in [5, 5.41) is 10.6. The fraction of sp³-hybridized carbons (Fsp3) is 0.312. The summed E-state index contributed by atoms with van der Waals surface area (Å²) in [6.45, 7) is 1.71. The standard InChI is InChI=1S/C16H17N5O2S/c22-16(21-5-1-2-6-21)23-10-17-15-20-13-4-3-11(7-14(13)24-15)12-8-18-19-9-12/h3-4,7-9H,1-2,5-6,10H2,(H,17,20)(H,18,19). The molecule has 0 radical (unpaired) electrons. The summed E-state index contributed by atoms with van der Waals surface area (Å²) in [5.41, 5.74) is 3.05. The first-order valence-corrected chi connectivity index (χ1v) is 8.66. The van der Waals surface area contributed by atoms with Crippen molar-refractivity contribution in [2.24, 2.45) is 0 Å². The van der Waals surface area contributed by atoms with Crippen molar-refractivity contribution in [2.75, 3.05) is 25.1 Å². The molecule has 1 aliphatic heterocycles. The van der Waals surface area contributed by atoms with Crippen LogP contribution >= 0.6 is 11.3 Å².